The Hall–Kier alpha value is -3.20. The van der Waals surface area contributed by atoms with Gasteiger partial charge in [-0.15, -0.1) is 10.2 Å². The smallest absolute Gasteiger partial charge is 0.412 e. The molecule has 3 rings (SSSR count). The summed E-state index contributed by atoms with van der Waals surface area (Å²) in [5.41, 5.74) is 1.38. The molecule has 1 amide bonds. The molecule has 0 aliphatic heterocycles. The molecule has 3 aromatic rings. The first-order valence-electron chi connectivity index (χ1n) is 9.15. The van der Waals surface area contributed by atoms with Crippen LogP contribution >= 0.6 is 0 Å². The molecule has 158 valence electrons. The maximum absolute atomic E-state index is 12.8. The van der Waals surface area contributed by atoms with Crippen LogP contribution in [0.3, 0.4) is 0 Å². The van der Waals surface area contributed by atoms with Crippen LogP contribution in [0.5, 0.6) is 0 Å². The number of aromatic nitrogens is 2. The van der Waals surface area contributed by atoms with Crippen molar-refractivity contribution >= 4 is 5.91 Å². The summed E-state index contributed by atoms with van der Waals surface area (Å²) in [6.45, 7) is 2.11. The molecule has 1 N–H and O–H groups in total. The molecule has 0 bridgehead atoms. The Bertz CT molecular complexity index is 1000. The van der Waals surface area contributed by atoms with Crippen LogP contribution in [-0.2, 0) is 17.3 Å². The van der Waals surface area contributed by atoms with E-state index >= 15 is 0 Å². The van der Waals surface area contributed by atoms with Crippen molar-refractivity contribution < 1.29 is 27.1 Å². The molecular weight excluding hydrogens is 399 g/mol. The third-order valence-electron chi connectivity index (χ3n) is 4.34. The molecule has 0 aliphatic carbocycles. The first-order chi connectivity index (χ1) is 14.3. The first-order valence-corrected chi connectivity index (χ1v) is 9.15. The molecule has 0 saturated carbocycles. The van der Waals surface area contributed by atoms with Crippen LogP contribution in [0.1, 0.15) is 34.3 Å². The van der Waals surface area contributed by atoms with Crippen LogP contribution in [0.25, 0.3) is 11.5 Å². The van der Waals surface area contributed by atoms with Crippen LogP contribution in [-0.4, -0.2) is 35.9 Å². The maximum atomic E-state index is 12.8. The van der Waals surface area contributed by atoms with Gasteiger partial charge in [0.15, 0.2) is 0 Å². The van der Waals surface area contributed by atoms with Gasteiger partial charge in [0.05, 0.1) is 12.2 Å². The van der Waals surface area contributed by atoms with Gasteiger partial charge in [-0.3, -0.25) is 4.79 Å². The minimum atomic E-state index is -4.38. The maximum Gasteiger partial charge on any atom is 0.416 e. The van der Waals surface area contributed by atoms with Crippen LogP contribution < -0.4 is 5.32 Å². The lowest BCUT2D eigenvalue weighted by Gasteiger charge is -2.10. The van der Waals surface area contributed by atoms with Crippen molar-refractivity contribution in [3.63, 3.8) is 0 Å². The van der Waals surface area contributed by atoms with Crippen molar-refractivity contribution in [1.29, 1.82) is 0 Å². The number of amides is 1. The average Bonchev–Trinajstić information content (AvgIpc) is 3.18. The van der Waals surface area contributed by atoms with E-state index in [1.165, 1.54) is 19.2 Å². The number of halogens is 3. The van der Waals surface area contributed by atoms with Crippen LogP contribution in [0.2, 0.25) is 0 Å². The van der Waals surface area contributed by atoms with Crippen molar-refractivity contribution in [2.45, 2.75) is 25.6 Å². The summed E-state index contributed by atoms with van der Waals surface area (Å²) in [4.78, 5) is 12.2. The van der Waals surface area contributed by atoms with E-state index in [1.807, 2.05) is 6.07 Å². The van der Waals surface area contributed by atoms with Gasteiger partial charge in [0.25, 0.3) is 0 Å². The number of hydrogen-bond donors (Lipinski definition) is 1. The quantitative estimate of drug-likeness (QED) is 0.624. The van der Waals surface area contributed by atoms with Crippen molar-refractivity contribution in [3.8, 4) is 11.5 Å². The number of carbonyl (C=O) groups excluding carboxylic acids is 1. The number of benzene rings is 2. The molecular formula is C21H20F3N3O3. The first kappa shape index (κ1) is 21.5. The van der Waals surface area contributed by atoms with Gasteiger partial charge in [0, 0.05) is 18.7 Å². The molecule has 0 aliphatic rings. The van der Waals surface area contributed by atoms with Crippen LogP contribution in [0.15, 0.2) is 52.9 Å². The number of carbonyl (C=O) groups is 1. The fourth-order valence-corrected chi connectivity index (χ4v) is 2.92. The standard InChI is InChI=1S/C21H20F3N3O3/c1-13(12-29-2)25-18(28)20-27-26-19(30-20)17-6-4-3-5-15(17)11-14-7-9-16(10-8-14)21(22,23)24/h3-10,13H,11-12H2,1-2H3,(H,25,28). The molecule has 0 spiro atoms. The van der Waals surface area contributed by atoms with E-state index in [9.17, 15) is 18.0 Å². The number of methoxy groups -OCH3 is 1. The lowest BCUT2D eigenvalue weighted by atomic mass is 9.99. The summed E-state index contributed by atoms with van der Waals surface area (Å²) in [6, 6.07) is 11.9. The van der Waals surface area contributed by atoms with Gasteiger partial charge in [-0.1, -0.05) is 30.3 Å². The zero-order valence-corrected chi connectivity index (χ0v) is 16.4. The Kier molecular flexibility index (Phi) is 6.51. The fourth-order valence-electron chi connectivity index (χ4n) is 2.92. The molecule has 1 atom stereocenters. The van der Waals surface area contributed by atoms with Gasteiger partial charge in [-0.2, -0.15) is 13.2 Å². The van der Waals surface area contributed by atoms with Crippen LogP contribution in [0, 0.1) is 0 Å². The molecule has 2 aromatic carbocycles. The highest BCUT2D eigenvalue weighted by molar-refractivity contribution is 5.89. The second kappa shape index (κ2) is 9.08. The number of alkyl halides is 3. The van der Waals surface area contributed by atoms with Crippen LogP contribution in [0.4, 0.5) is 13.2 Å². The minimum Gasteiger partial charge on any atom is -0.412 e. The van der Waals surface area contributed by atoms with Crippen molar-refractivity contribution in [1.82, 2.24) is 15.5 Å². The Morgan fingerprint density at radius 2 is 1.83 bits per heavy atom. The molecule has 9 heteroatoms. The Balaban J connectivity index is 1.79. The van der Waals surface area contributed by atoms with E-state index < -0.39 is 17.6 Å². The van der Waals surface area contributed by atoms with Gasteiger partial charge in [0.2, 0.25) is 5.89 Å². The number of nitrogens with one attached hydrogen (secondary N) is 1. The SMILES string of the molecule is COCC(C)NC(=O)c1nnc(-c2ccccc2Cc2ccc(C(F)(F)F)cc2)o1. The third kappa shape index (κ3) is 5.24. The highest BCUT2D eigenvalue weighted by atomic mass is 19.4. The van der Waals surface area contributed by atoms with Gasteiger partial charge >= 0.3 is 18.0 Å². The average molecular weight is 419 g/mol. The van der Waals surface area contributed by atoms with E-state index in [2.05, 4.69) is 15.5 Å². The Morgan fingerprint density at radius 1 is 1.13 bits per heavy atom. The predicted molar refractivity (Wildman–Crippen MR) is 103 cm³/mol. The van der Waals surface area contributed by atoms with E-state index in [0.29, 0.717) is 24.2 Å². The fraction of sp³-hybridized carbons (Fsp3) is 0.286. The zero-order valence-electron chi connectivity index (χ0n) is 16.4. The van der Waals surface area contributed by atoms with E-state index in [-0.39, 0.29) is 17.8 Å². The minimum absolute atomic E-state index is 0.155. The normalized spacial score (nSPS) is 12.6. The van der Waals surface area contributed by atoms with Gasteiger partial charge in [-0.05, 0) is 42.7 Å². The molecule has 30 heavy (non-hydrogen) atoms. The Labute approximate surface area is 171 Å². The highest BCUT2D eigenvalue weighted by Gasteiger charge is 2.30. The number of ether oxygens (including phenoxy) is 1. The van der Waals surface area contributed by atoms with E-state index in [0.717, 1.165) is 17.7 Å². The topological polar surface area (TPSA) is 77.2 Å². The number of rotatable bonds is 7. The molecule has 0 saturated heterocycles. The summed E-state index contributed by atoms with van der Waals surface area (Å²) in [5, 5.41) is 10.4. The molecule has 0 radical (unpaired) electrons. The van der Waals surface area contributed by atoms with Gasteiger partial charge in [-0.25, -0.2) is 0 Å². The van der Waals surface area contributed by atoms with E-state index in [4.69, 9.17) is 9.15 Å². The van der Waals surface area contributed by atoms with Gasteiger partial charge in [0.1, 0.15) is 0 Å². The summed E-state index contributed by atoms with van der Waals surface area (Å²) >= 11 is 0. The number of hydrogen-bond acceptors (Lipinski definition) is 5. The molecule has 0 fully saturated rings. The summed E-state index contributed by atoms with van der Waals surface area (Å²) in [6.07, 6.45) is -4.01. The zero-order chi connectivity index (χ0) is 21.7. The lowest BCUT2D eigenvalue weighted by Crippen LogP contribution is -2.35. The largest absolute Gasteiger partial charge is 0.416 e. The monoisotopic (exact) mass is 419 g/mol. The third-order valence-corrected chi connectivity index (χ3v) is 4.34. The van der Waals surface area contributed by atoms with Crippen molar-refractivity contribution in [2.75, 3.05) is 13.7 Å². The molecule has 1 aromatic heterocycles. The molecule has 1 unspecified atom stereocenters. The molecule has 6 nitrogen and oxygen atoms in total. The lowest BCUT2D eigenvalue weighted by molar-refractivity contribution is -0.137. The van der Waals surface area contributed by atoms with Crippen molar-refractivity contribution in [2.24, 2.45) is 0 Å². The summed E-state index contributed by atoms with van der Waals surface area (Å²) < 4.78 is 48.8. The molecule has 1 heterocycles. The summed E-state index contributed by atoms with van der Waals surface area (Å²) in [5.74, 6) is -0.544. The van der Waals surface area contributed by atoms with E-state index in [1.54, 1.807) is 25.1 Å². The van der Waals surface area contributed by atoms with Gasteiger partial charge < -0.3 is 14.5 Å². The second-order valence-electron chi connectivity index (χ2n) is 6.77. The second-order valence-corrected chi connectivity index (χ2v) is 6.77. The summed E-state index contributed by atoms with van der Waals surface area (Å²) in [7, 11) is 1.53. The highest BCUT2D eigenvalue weighted by Crippen LogP contribution is 2.30. The predicted octanol–water partition coefficient (Wildman–Crippen LogP) is 4.11. The Morgan fingerprint density at radius 3 is 2.50 bits per heavy atom. The van der Waals surface area contributed by atoms with Crippen molar-refractivity contribution in [3.05, 3.63) is 71.1 Å². The number of nitrogens with zero attached hydrogens (tertiary/aromatic N) is 2.